The van der Waals surface area contributed by atoms with Gasteiger partial charge in [-0.1, -0.05) is 23.2 Å². The molecule has 7 heteroatoms. The predicted molar refractivity (Wildman–Crippen MR) is 89.2 cm³/mol. The maximum Gasteiger partial charge on any atom is 0.262 e. The van der Waals surface area contributed by atoms with Crippen molar-refractivity contribution in [2.24, 2.45) is 0 Å². The van der Waals surface area contributed by atoms with Crippen molar-refractivity contribution in [2.45, 2.75) is 0 Å². The summed E-state index contributed by atoms with van der Waals surface area (Å²) in [5.41, 5.74) is 0.594. The van der Waals surface area contributed by atoms with Crippen LogP contribution in [0.25, 0.3) is 0 Å². The third-order valence-electron chi connectivity index (χ3n) is 2.74. The zero-order chi connectivity index (χ0) is 16.1. The monoisotopic (exact) mass is 339 g/mol. The van der Waals surface area contributed by atoms with Gasteiger partial charge in [-0.25, -0.2) is 4.98 Å². The molecule has 0 radical (unpaired) electrons. The van der Waals surface area contributed by atoms with Gasteiger partial charge in [-0.3, -0.25) is 4.79 Å². The Morgan fingerprint density at radius 3 is 2.68 bits per heavy atom. The Bertz CT molecular complexity index is 660. The fourth-order valence-electron chi connectivity index (χ4n) is 1.65. The number of pyridine rings is 1. The summed E-state index contributed by atoms with van der Waals surface area (Å²) in [6, 6.07) is 8.40. The topological polar surface area (TPSA) is 54.5 Å². The molecule has 0 spiro atoms. The van der Waals surface area contributed by atoms with Gasteiger partial charge in [0.15, 0.2) is 6.61 Å². The van der Waals surface area contributed by atoms with E-state index in [-0.39, 0.29) is 12.5 Å². The maximum absolute atomic E-state index is 11.9. The number of ether oxygens (including phenoxy) is 1. The second-order valence-corrected chi connectivity index (χ2v) is 5.55. The molecule has 0 saturated heterocycles. The van der Waals surface area contributed by atoms with E-state index in [9.17, 15) is 4.79 Å². The summed E-state index contributed by atoms with van der Waals surface area (Å²) in [6.45, 7) is -0.171. The van der Waals surface area contributed by atoms with Crippen LogP contribution in [0.4, 0.5) is 11.5 Å². The van der Waals surface area contributed by atoms with Crippen molar-refractivity contribution < 1.29 is 9.53 Å². The van der Waals surface area contributed by atoms with Crippen LogP contribution in [0.2, 0.25) is 10.0 Å². The molecule has 0 bridgehead atoms. The fourth-order valence-corrected chi connectivity index (χ4v) is 1.99. The lowest BCUT2D eigenvalue weighted by molar-refractivity contribution is -0.118. The minimum atomic E-state index is -0.310. The van der Waals surface area contributed by atoms with E-state index in [0.717, 1.165) is 5.82 Å². The number of halogens is 2. The number of nitrogens with zero attached hydrogens (tertiary/aromatic N) is 2. The maximum atomic E-state index is 11.9. The minimum absolute atomic E-state index is 0.171. The van der Waals surface area contributed by atoms with E-state index in [2.05, 4.69) is 10.3 Å². The summed E-state index contributed by atoms with van der Waals surface area (Å²) in [7, 11) is 3.78. The van der Waals surface area contributed by atoms with Crippen LogP contribution < -0.4 is 15.0 Å². The Labute approximate surface area is 138 Å². The summed E-state index contributed by atoms with van der Waals surface area (Å²) < 4.78 is 5.36. The molecule has 0 fully saturated rings. The highest BCUT2D eigenvalue weighted by Crippen LogP contribution is 2.27. The van der Waals surface area contributed by atoms with Crippen molar-refractivity contribution >= 4 is 40.6 Å². The first-order valence-electron chi connectivity index (χ1n) is 6.47. The predicted octanol–water partition coefficient (Wildman–Crippen LogP) is 3.47. The first kappa shape index (κ1) is 16.4. The Morgan fingerprint density at radius 2 is 2.05 bits per heavy atom. The molecule has 116 valence electrons. The van der Waals surface area contributed by atoms with Crippen LogP contribution >= 0.6 is 23.2 Å². The molecule has 5 nitrogen and oxygen atoms in total. The van der Waals surface area contributed by atoms with E-state index in [1.807, 2.05) is 25.1 Å². The van der Waals surface area contributed by atoms with E-state index in [4.69, 9.17) is 27.9 Å². The lowest BCUT2D eigenvalue weighted by Gasteiger charge is -2.12. The Kier molecular flexibility index (Phi) is 5.46. The number of aromatic nitrogens is 1. The van der Waals surface area contributed by atoms with Gasteiger partial charge in [-0.2, -0.15) is 0 Å². The largest absolute Gasteiger partial charge is 0.482 e. The van der Waals surface area contributed by atoms with Crippen molar-refractivity contribution in [3.05, 3.63) is 46.6 Å². The van der Waals surface area contributed by atoms with Crippen LogP contribution in [0, 0.1) is 0 Å². The van der Waals surface area contributed by atoms with Crippen molar-refractivity contribution in [3.8, 4) is 5.75 Å². The second-order valence-electron chi connectivity index (χ2n) is 4.71. The molecule has 1 heterocycles. The summed E-state index contributed by atoms with van der Waals surface area (Å²) in [4.78, 5) is 17.9. The molecule has 22 heavy (non-hydrogen) atoms. The molecule has 0 aliphatic heterocycles. The van der Waals surface area contributed by atoms with Gasteiger partial charge in [0.1, 0.15) is 11.6 Å². The van der Waals surface area contributed by atoms with Crippen LogP contribution in [0.1, 0.15) is 0 Å². The highest BCUT2D eigenvalue weighted by atomic mass is 35.5. The van der Waals surface area contributed by atoms with E-state index >= 15 is 0 Å². The van der Waals surface area contributed by atoms with Crippen LogP contribution in [0.5, 0.6) is 5.75 Å². The number of carbonyl (C=O) groups excluding carboxylic acids is 1. The number of hydrogen-bond donors (Lipinski definition) is 1. The Morgan fingerprint density at radius 1 is 1.27 bits per heavy atom. The second kappa shape index (κ2) is 7.33. The number of carbonyl (C=O) groups is 1. The zero-order valence-electron chi connectivity index (χ0n) is 12.1. The van der Waals surface area contributed by atoms with E-state index in [1.54, 1.807) is 30.5 Å². The third kappa shape index (κ3) is 4.51. The average molecular weight is 340 g/mol. The number of hydrogen-bond acceptors (Lipinski definition) is 4. The molecule has 0 atom stereocenters. The third-order valence-corrected chi connectivity index (χ3v) is 3.29. The fraction of sp³-hybridized carbons (Fsp3) is 0.200. The number of benzene rings is 1. The van der Waals surface area contributed by atoms with Gasteiger partial charge >= 0.3 is 0 Å². The summed E-state index contributed by atoms with van der Waals surface area (Å²) in [6.07, 6.45) is 1.58. The summed E-state index contributed by atoms with van der Waals surface area (Å²) in [5, 5.41) is 3.58. The number of nitrogens with one attached hydrogen (secondary N) is 1. The lowest BCUT2D eigenvalue weighted by atomic mass is 10.3. The first-order valence-corrected chi connectivity index (χ1v) is 7.22. The van der Waals surface area contributed by atoms with Crippen molar-refractivity contribution in [1.82, 2.24) is 4.98 Å². The SMILES string of the molecule is CN(C)c1ccc(NC(=O)COc2cc(Cl)ccc2Cl)cn1. The van der Waals surface area contributed by atoms with Crippen molar-refractivity contribution in [3.63, 3.8) is 0 Å². The average Bonchev–Trinajstić information content (AvgIpc) is 2.49. The highest BCUT2D eigenvalue weighted by Gasteiger charge is 2.07. The van der Waals surface area contributed by atoms with Gasteiger partial charge in [0.25, 0.3) is 5.91 Å². The molecule has 1 aromatic carbocycles. The van der Waals surface area contributed by atoms with Gasteiger partial charge in [-0.15, -0.1) is 0 Å². The van der Waals surface area contributed by atoms with Gasteiger partial charge in [0, 0.05) is 25.2 Å². The molecule has 0 aliphatic rings. The standard InChI is InChI=1S/C15H15Cl2N3O2/c1-20(2)14-6-4-11(8-18-14)19-15(21)9-22-13-7-10(16)3-5-12(13)17/h3-8H,9H2,1-2H3,(H,19,21). The smallest absolute Gasteiger partial charge is 0.262 e. The van der Waals surface area contributed by atoms with E-state index in [0.29, 0.717) is 21.5 Å². The lowest BCUT2D eigenvalue weighted by Crippen LogP contribution is -2.20. The number of anilines is 2. The molecule has 0 unspecified atom stereocenters. The molecular weight excluding hydrogens is 325 g/mol. The highest BCUT2D eigenvalue weighted by molar-refractivity contribution is 6.34. The quantitative estimate of drug-likeness (QED) is 0.906. The van der Waals surface area contributed by atoms with Gasteiger partial charge in [-0.05, 0) is 24.3 Å². The Balaban J connectivity index is 1.91. The van der Waals surface area contributed by atoms with E-state index < -0.39 is 0 Å². The van der Waals surface area contributed by atoms with Crippen molar-refractivity contribution in [2.75, 3.05) is 30.9 Å². The molecule has 2 aromatic rings. The number of rotatable bonds is 5. The Hall–Kier alpha value is -1.98. The molecular formula is C15H15Cl2N3O2. The molecule has 1 amide bonds. The molecule has 1 N–H and O–H groups in total. The molecule has 0 saturated carbocycles. The first-order chi connectivity index (χ1) is 10.5. The molecule has 2 rings (SSSR count). The molecule has 1 aromatic heterocycles. The van der Waals surface area contributed by atoms with Crippen molar-refractivity contribution in [1.29, 1.82) is 0 Å². The number of amides is 1. The van der Waals surface area contributed by atoms with Crippen LogP contribution in [0.15, 0.2) is 36.5 Å². The van der Waals surface area contributed by atoms with Crippen LogP contribution in [-0.4, -0.2) is 31.6 Å². The normalized spacial score (nSPS) is 10.2. The minimum Gasteiger partial charge on any atom is -0.482 e. The van der Waals surface area contributed by atoms with Crippen LogP contribution in [-0.2, 0) is 4.79 Å². The summed E-state index contributed by atoms with van der Waals surface area (Å²) in [5.74, 6) is 0.862. The molecule has 0 aliphatic carbocycles. The zero-order valence-corrected chi connectivity index (χ0v) is 13.6. The van der Waals surface area contributed by atoms with Gasteiger partial charge in [0.2, 0.25) is 0 Å². The van der Waals surface area contributed by atoms with E-state index in [1.165, 1.54) is 0 Å². The van der Waals surface area contributed by atoms with Crippen LogP contribution in [0.3, 0.4) is 0 Å². The van der Waals surface area contributed by atoms with Gasteiger partial charge in [0.05, 0.1) is 16.9 Å². The summed E-state index contributed by atoms with van der Waals surface area (Å²) >= 11 is 11.8. The van der Waals surface area contributed by atoms with Gasteiger partial charge < -0.3 is 15.0 Å².